The monoisotopic (exact) mass is 715 g/mol. The Bertz CT molecular complexity index is 1770. The van der Waals surface area contributed by atoms with Gasteiger partial charge in [0.25, 0.3) is 0 Å². The van der Waals surface area contributed by atoms with Crippen molar-refractivity contribution in [3.05, 3.63) is 139 Å². The van der Waals surface area contributed by atoms with Crippen LogP contribution in [-0.2, 0) is 24.9 Å². The molecule has 0 aliphatic heterocycles. The SMILES string of the molecule is CC(=O)/C=C(/C)O.[Ir].[c-]1ccc(-c2ccccc2)cc1-c1cc2oc(-c3ccccc3)c(-c3ccccc3)c2cn1. The van der Waals surface area contributed by atoms with Crippen molar-refractivity contribution >= 4 is 16.8 Å². The molecule has 0 spiro atoms. The zero-order chi connectivity index (χ0) is 27.9. The molecule has 205 valence electrons. The van der Waals surface area contributed by atoms with Crippen LogP contribution in [0.2, 0.25) is 0 Å². The third-order valence-corrected chi connectivity index (χ3v) is 6.27. The van der Waals surface area contributed by atoms with E-state index >= 15 is 0 Å². The Morgan fingerprint density at radius 2 is 1.37 bits per heavy atom. The molecule has 0 bridgehead atoms. The Labute approximate surface area is 253 Å². The number of nitrogens with zero attached hydrogens (tertiary/aromatic N) is 1. The molecule has 0 saturated heterocycles. The summed E-state index contributed by atoms with van der Waals surface area (Å²) in [5.74, 6) is 0.797. The first kappa shape index (κ1) is 29.4. The first-order chi connectivity index (χ1) is 19.5. The van der Waals surface area contributed by atoms with Crippen LogP contribution in [0.5, 0.6) is 0 Å². The summed E-state index contributed by atoms with van der Waals surface area (Å²) in [4.78, 5) is 14.8. The zero-order valence-corrected chi connectivity index (χ0v) is 25.1. The number of hydrogen-bond donors (Lipinski definition) is 1. The van der Waals surface area contributed by atoms with Crippen LogP contribution >= 0.6 is 0 Å². The molecule has 6 aromatic rings. The third kappa shape index (κ3) is 7.15. The number of aliphatic hydroxyl groups is 1. The van der Waals surface area contributed by atoms with E-state index in [0.29, 0.717) is 0 Å². The quantitative estimate of drug-likeness (QED) is 0.110. The van der Waals surface area contributed by atoms with Crippen LogP contribution in [0.1, 0.15) is 13.8 Å². The van der Waals surface area contributed by atoms with Crippen LogP contribution in [0.25, 0.3) is 55.8 Å². The summed E-state index contributed by atoms with van der Waals surface area (Å²) in [7, 11) is 0. The average molecular weight is 715 g/mol. The summed E-state index contributed by atoms with van der Waals surface area (Å²) in [5.41, 5.74) is 8.14. The predicted octanol–water partition coefficient (Wildman–Crippen LogP) is 9.33. The standard InChI is InChI=1S/C31H20NO.C5H8O2.Ir/c1-4-11-22(12-5-1)25-17-10-18-26(19-25)28-20-29-27(21-32-28)30(23-13-6-2-7-14-23)31(33-29)24-15-8-3-9-16-24;1-4(6)3-5(2)7;/h1-17,19-21H;3,6H,1-2H3;/q-1;;/b;4-3-;. The summed E-state index contributed by atoms with van der Waals surface area (Å²) in [5, 5.41) is 9.37. The van der Waals surface area contributed by atoms with Crippen LogP contribution in [0.15, 0.2) is 138 Å². The predicted molar refractivity (Wildman–Crippen MR) is 162 cm³/mol. The molecule has 1 radical (unpaired) electrons. The number of allylic oxidation sites excluding steroid dienone is 2. The van der Waals surface area contributed by atoms with E-state index in [9.17, 15) is 4.79 Å². The fraction of sp³-hybridized carbons (Fsp3) is 0.0556. The second kappa shape index (κ2) is 13.7. The first-order valence-corrected chi connectivity index (χ1v) is 13.0. The van der Waals surface area contributed by atoms with Gasteiger partial charge < -0.3 is 14.5 Å². The van der Waals surface area contributed by atoms with Gasteiger partial charge in [-0.2, -0.15) is 0 Å². The number of fused-ring (bicyclic) bond motifs is 1. The number of furan rings is 1. The maximum Gasteiger partial charge on any atom is 0.155 e. The topological polar surface area (TPSA) is 63.3 Å². The molecule has 5 heteroatoms. The van der Waals surface area contributed by atoms with Crippen LogP contribution in [-0.4, -0.2) is 15.9 Å². The Balaban J connectivity index is 0.000000434. The van der Waals surface area contributed by atoms with Gasteiger partial charge in [-0.15, -0.1) is 35.4 Å². The van der Waals surface area contributed by atoms with E-state index in [1.54, 1.807) is 0 Å². The maximum atomic E-state index is 10.0. The van der Waals surface area contributed by atoms with E-state index in [2.05, 4.69) is 78.9 Å². The Hall–Kier alpha value is -4.57. The number of benzene rings is 4. The van der Waals surface area contributed by atoms with Crippen LogP contribution in [0.3, 0.4) is 0 Å². The van der Waals surface area contributed by atoms with Gasteiger partial charge in [-0.25, -0.2) is 0 Å². The van der Waals surface area contributed by atoms with Crippen molar-refractivity contribution in [2.75, 3.05) is 0 Å². The van der Waals surface area contributed by atoms with Crippen LogP contribution < -0.4 is 0 Å². The molecular formula is C36H28IrNO3-. The number of aliphatic hydroxyl groups excluding tert-OH is 1. The van der Waals surface area contributed by atoms with Crippen molar-refractivity contribution in [3.63, 3.8) is 0 Å². The van der Waals surface area contributed by atoms with E-state index in [1.807, 2.05) is 48.7 Å². The Morgan fingerprint density at radius 1 is 0.780 bits per heavy atom. The molecule has 0 aliphatic carbocycles. The molecule has 1 N–H and O–H groups in total. The number of hydrogen-bond acceptors (Lipinski definition) is 4. The van der Waals surface area contributed by atoms with E-state index in [1.165, 1.54) is 25.5 Å². The number of carbonyl (C=O) groups excluding carboxylic acids is 1. The van der Waals surface area contributed by atoms with Crippen molar-refractivity contribution in [1.82, 2.24) is 4.98 Å². The second-order valence-electron chi connectivity index (χ2n) is 9.36. The Morgan fingerprint density at radius 3 is 1.93 bits per heavy atom. The summed E-state index contributed by atoms with van der Waals surface area (Å²) >= 11 is 0. The maximum absolute atomic E-state index is 10.0. The number of aromatic nitrogens is 1. The summed E-state index contributed by atoms with van der Waals surface area (Å²) < 4.78 is 6.46. The van der Waals surface area contributed by atoms with Gasteiger partial charge in [-0.1, -0.05) is 91.0 Å². The summed E-state index contributed by atoms with van der Waals surface area (Å²) in [6.07, 6.45) is 3.09. The van der Waals surface area contributed by atoms with Crippen LogP contribution in [0, 0.1) is 6.07 Å². The van der Waals surface area contributed by atoms with Crippen molar-refractivity contribution in [3.8, 4) is 44.8 Å². The van der Waals surface area contributed by atoms with Gasteiger partial charge in [-0.3, -0.25) is 4.79 Å². The average Bonchev–Trinajstić information content (AvgIpc) is 3.37. The van der Waals surface area contributed by atoms with Gasteiger partial charge in [-0.05, 0) is 36.7 Å². The molecule has 41 heavy (non-hydrogen) atoms. The Kier molecular flexibility index (Phi) is 9.81. The van der Waals surface area contributed by atoms with E-state index in [0.717, 1.165) is 50.2 Å². The molecule has 0 amide bonds. The normalized spacial score (nSPS) is 10.8. The first-order valence-electron chi connectivity index (χ1n) is 13.0. The minimum atomic E-state index is -0.125. The molecule has 4 aromatic carbocycles. The molecule has 0 aliphatic rings. The minimum Gasteiger partial charge on any atom is -0.512 e. The molecule has 6 rings (SSSR count). The minimum absolute atomic E-state index is 0. The molecule has 2 aromatic heterocycles. The summed E-state index contributed by atoms with van der Waals surface area (Å²) in [6, 6.07) is 42.5. The molecule has 0 atom stereocenters. The molecule has 0 fully saturated rings. The van der Waals surface area contributed by atoms with Crippen molar-refractivity contribution in [1.29, 1.82) is 0 Å². The van der Waals surface area contributed by atoms with Crippen molar-refractivity contribution < 1.29 is 34.4 Å². The third-order valence-electron chi connectivity index (χ3n) is 6.27. The number of rotatable bonds is 5. The molecular weight excluding hydrogens is 687 g/mol. The van der Waals surface area contributed by atoms with Gasteiger partial charge in [0.2, 0.25) is 0 Å². The summed E-state index contributed by atoms with van der Waals surface area (Å²) in [6.45, 7) is 2.85. The van der Waals surface area contributed by atoms with Gasteiger partial charge >= 0.3 is 0 Å². The van der Waals surface area contributed by atoms with E-state index in [4.69, 9.17) is 14.5 Å². The largest absolute Gasteiger partial charge is 0.512 e. The van der Waals surface area contributed by atoms with Gasteiger partial charge in [0, 0.05) is 48.9 Å². The van der Waals surface area contributed by atoms with Crippen molar-refractivity contribution in [2.45, 2.75) is 13.8 Å². The van der Waals surface area contributed by atoms with Crippen LogP contribution in [0.4, 0.5) is 0 Å². The number of carbonyl (C=O) groups is 1. The van der Waals surface area contributed by atoms with Crippen molar-refractivity contribution in [2.24, 2.45) is 0 Å². The fourth-order valence-electron chi connectivity index (χ4n) is 4.54. The molecule has 0 unspecified atom stereocenters. The number of pyridine rings is 1. The molecule has 2 heterocycles. The van der Waals surface area contributed by atoms with Gasteiger partial charge in [0.1, 0.15) is 11.3 Å². The molecule has 0 saturated carbocycles. The zero-order valence-electron chi connectivity index (χ0n) is 22.7. The molecule has 4 nitrogen and oxygen atoms in total. The number of ketones is 1. The van der Waals surface area contributed by atoms with Gasteiger partial charge in [0.05, 0.1) is 5.76 Å². The second-order valence-corrected chi connectivity index (χ2v) is 9.36. The van der Waals surface area contributed by atoms with E-state index < -0.39 is 0 Å². The fourth-order valence-corrected chi connectivity index (χ4v) is 4.54. The van der Waals surface area contributed by atoms with Gasteiger partial charge in [0.15, 0.2) is 5.78 Å². The smallest absolute Gasteiger partial charge is 0.155 e. The van der Waals surface area contributed by atoms with E-state index in [-0.39, 0.29) is 31.6 Å².